The van der Waals surface area contributed by atoms with Gasteiger partial charge >= 0.3 is 12.2 Å². The second kappa shape index (κ2) is 16.0. The first kappa shape index (κ1) is 38.3. The van der Waals surface area contributed by atoms with Gasteiger partial charge < -0.3 is 34.9 Å². The molecule has 4 atom stereocenters. The van der Waals surface area contributed by atoms with Crippen molar-refractivity contribution < 1.29 is 28.7 Å². The molecule has 56 heavy (non-hydrogen) atoms. The molecule has 2 aliphatic rings. The molecule has 15 heteroatoms. The number of aromatic amines is 2. The summed E-state index contributed by atoms with van der Waals surface area (Å²) >= 11 is 0. The van der Waals surface area contributed by atoms with Crippen molar-refractivity contribution in [3.8, 4) is 22.5 Å². The lowest BCUT2D eigenvalue weighted by Gasteiger charge is -2.29. The molecule has 2 saturated heterocycles. The van der Waals surface area contributed by atoms with Crippen molar-refractivity contribution >= 4 is 45.8 Å². The quantitative estimate of drug-likeness (QED) is 0.127. The molecule has 2 aromatic heterocycles. The van der Waals surface area contributed by atoms with Gasteiger partial charge in [0.1, 0.15) is 23.7 Å². The number of likely N-dealkylation sites (tertiary alicyclic amines) is 2. The van der Waals surface area contributed by atoms with Crippen molar-refractivity contribution in [2.24, 2.45) is 11.8 Å². The molecule has 2 aliphatic heterocycles. The van der Waals surface area contributed by atoms with Gasteiger partial charge in [-0.1, -0.05) is 70.2 Å². The molecule has 0 saturated carbocycles. The van der Waals surface area contributed by atoms with Crippen LogP contribution in [0.5, 0.6) is 0 Å². The molecule has 3 aromatic carbocycles. The molecule has 294 valence electrons. The topological polar surface area (TPSA) is 188 Å². The van der Waals surface area contributed by atoms with Crippen LogP contribution in [0.25, 0.3) is 44.3 Å². The Bertz CT molecular complexity index is 2250. The molecule has 0 spiro atoms. The minimum Gasteiger partial charge on any atom is -0.453 e. The number of hydrogen-bond donors (Lipinski definition) is 4. The summed E-state index contributed by atoms with van der Waals surface area (Å²) in [4.78, 5) is 68.1. The highest BCUT2D eigenvalue weighted by Gasteiger charge is 2.39. The predicted octanol–water partition coefficient (Wildman–Crippen LogP) is 6.26. The Labute approximate surface area is 324 Å². The van der Waals surface area contributed by atoms with Gasteiger partial charge in [0, 0.05) is 24.0 Å². The second-order valence-electron chi connectivity index (χ2n) is 15.2. The lowest BCUT2D eigenvalue weighted by molar-refractivity contribution is -0.136. The van der Waals surface area contributed by atoms with Crippen LogP contribution in [0.15, 0.2) is 54.6 Å². The van der Waals surface area contributed by atoms with Gasteiger partial charge in [0.25, 0.3) is 0 Å². The summed E-state index contributed by atoms with van der Waals surface area (Å²) in [5, 5.41) is 15.0. The summed E-state index contributed by atoms with van der Waals surface area (Å²) in [6, 6.07) is 16.6. The van der Waals surface area contributed by atoms with E-state index < -0.39 is 24.3 Å². The average molecular weight is 764 g/mol. The maximum Gasteiger partial charge on any atom is 0.407 e. The van der Waals surface area contributed by atoms with Gasteiger partial charge in [-0.05, 0) is 66.2 Å². The fourth-order valence-electron chi connectivity index (χ4n) is 7.91. The Morgan fingerprint density at radius 1 is 0.714 bits per heavy atom. The summed E-state index contributed by atoms with van der Waals surface area (Å²) in [7, 11) is 2.57. The van der Waals surface area contributed by atoms with Gasteiger partial charge in [0.05, 0.1) is 37.3 Å². The molecule has 0 aliphatic carbocycles. The average Bonchev–Trinajstić information content (AvgIpc) is 4.04. The number of hydrogen-bond acceptors (Lipinski definition) is 9. The van der Waals surface area contributed by atoms with Crippen molar-refractivity contribution in [2.45, 2.75) is 77.5 Å². The molecule has 5 aromatic rings. The van der Waals surface area contributed by atoms with E-state index in [1.807, 2.05) is 62.9 Å². The number of fused-ring (bicyclic) bond motifs is 3. The van der Waals surface area contributed by atoms with E-state index in [2.05, 4.69) is 50.1 Å². The largest absolute Gasteiger partial charge is 0.453 e. The van der Waals surface area contributed by atoms with Gasteiger partial charge in [-0.25, -0.2) is 19.6 Å². The molecular formula is C41H49N9O6. The third-order valence-electron chi connectivity index (χ3n) is 11.0. The fourth-order valence-corrected chi connectivity index (χ4v) is 7.91. The van der Waals surface area contributed by atoms with Crippen molar-refractivity contribution in [3.63, 3.8) is 0 Å². The number of ether oxygens (including phenoxy) is 2. The number of benzene rings is 3. The number of methoxy groups -OCH3 is 2. The molecule has 2 fully saturated rings. The number of rotatable bonds is 10. The first-order chi connectivity index (χ1) is 27.0. The number of nitrogens with one attached hydrogen (secondary N) is 4. The van der Waals surface area contributed by atoms with E-state index in [0.29, 0.717) is 24.7 Å². The van der Waals surface area contributed by atoms with Crippen LogP contribution in [0.1, 0.15) is 77.1 Å². The van der Waals surface area contributed by atoms with Crippen LogP contribution in [0.4, 0.5) is 9.59 Å². The Kier molecular flexibility index (Phi) is 10.9. The SMILES string of the molecule is COC(=O)N[C@H](C(=O)N1CCC[C@H]1c1nc(-c2ccc(-c3ccc4c(ccc5[nH]c([C@@H]6CCCN6C(=O)[C@@H](NC(=O)OC)C(C)C)nc54)c3)cc2)n[nH]1)C(C)C. The maximum absolute atomic E-state index is 13.7. The number of carbonyl (C=O) groups excluding carboxylic acids is 4. The van der Waals surface area contributed by atoms with Crippen LogP contribution < -0.4 is 10.6 Å². The van der Waals surface area contributed by atoms with Crippen LogP contribution in [0.3, 0.4) is 0 Å². The molecular weight excluding hydrogens is 715 g/mol. The van der Waals surface area contributed by atoms with Crippen molar-refractivity contribution in [1.82, 2.24) is 45.6 Å². The zero-order valence-corrected chi connectivity index (χ0v) is 32.6. The van der Waals surface area contributed by atoms with E-state index in [1.54, 1.807) is 4.90 Å². The van der Waals surface area contributed by atoms with Gasteiger partial charge in [-0.15, -0.1) is 0 Å². The molecule has 15 nitrogen and oxygen atoms in total. The van der Waals surface area contributed by atoms with Crippen LogP contribution in [0.2, 0.25) is 0 Å². The van der Waals surface area contributed by atoms with E-state index in [0.717, 1.165) is 70.0 Å². The molecule has 7 rings (SSSR count). The number of aromatic nitrogens is 5. The Balaban J connectivity index is 1.07. The van der Waals surface area contributed by atoms with Crippen molar-refractivity contribution in [1.29, 1.82) is 0 Å². The van der Waals surface area contributed by atoms with E-state index in [4.69, 9.17) is 19.4 Å². The number of nitrogens with zero attached hydrogens (tertiary/aromatic N) is 5. The van der Waals surface area contributed by atoms with E-state index in [9.17, 15) is 19.2 Å². The standard InChI is InChI=1S/C41H49N9O6/c1-22(2)32(44-40(53)55-5)38(51)49-19-7-9-30(49)36-42-29-18-16-27-21-26(15-17-28(27)34(29)43-36)24-11-13-25(14-12-24)35-46-37(48-47-35)31-10-8-20-50(31)39(52)33(23(3)4)45-41(54)56-6/h11-18,21-23,30-33H,7-10,19-20H2,1-6H3,(H,42,43)(H,44,53)(H,45,54)(H,46,47,48)/t30-,31-,32-,33-/m0/s1. The third-order valence-corrected chi connectivity index (χ3v) is 11.0. The van der Waals surface area contributed by atoms with Crippen LogP contribution in [-0.2, 0) is 19.1 Å². The number of alkyl carbamates (subject to hydrolysis) is 2. The number of carbonyl (C=O) groups is 4. The molecule has 0 bridgehead atoms. The zero-order chi connectivity index (χ0) is 39.7. The predicted molar refractivity (Wildman–Crippen MR) is 210 cm³/mol. The van der Waals surface area contributed by atoms with Gasteiger partial charge in [0.15, 0.2) is 5.82 Å². The summed E-state index contributed by atoms with van der Waals surface area (Å²) in [5.74, 6) is 1.33. The van der Waals surface area contributed by atoms with Gasteiger partial charge in [0.2, 0.25) is 11.8 Å². The summed E-state index contributed by atoms with van der Waals surface area (Å²) in [5.41, 5.74) is 4.65. The maximum atomic E-state index is 13.7. The number of imidazole rings is 1. The summed E-state index contributed by atoms with van der Waals surface area (Å²) in [6.07, 6.45) is 1.91. The lowest BCUT2D eigenvalue weighted by atomic mass is 9.99. The zero-order valence-electron chi connectivity index (χ0n) is 32.6. The van der Waals surface area contributed by atoms with Crippen LogP contribution in [-0.4, -0.2) is 98.3 Å². The van der Waals surface area contributed by atoms with Gasteiger partial charge in [-0.3, -0.25) is 14.7 Å². The van der Waals surface area contributed by atoms with Gasteiger partial charge in [-0.2, -0.15) is 5.10 Å². The van der Waals surface area contributed by atoms with Crippen molar-refractivity contribution in [3.05, 3.63) is 66.2 Å². The fraction of sp³-hybridized carbons (Fsp3) is 0.439. The highest BCUT2D eigenvalue weighted by Crippen LogP contribution is 2.36. The first-order valence-electron chi connectivity index (χ1n) is 19.2. The normalized spacial score (nSPS) is 18.1. The van der Waals surface area contributed by atoms with E-state index >= 15 is 0 Å². The van der Waals surface area contributed by atoms with Crippen LogP contribution in [0, 0.1) is 11.8 Å². The molecule has 4 amide bonds. The minimum absolute atomic E-state index is 0.114. The Morgan fingerprint density at radius 2 is 1.27 bits per heavy atom. The smallest absolute Gasteiger partial charge is 0.407 e. The number of amides is 4. The minimum atomic E-state index is -0.710. The molecule has 4 heterocycles. The molecule has 4 N–H and O–H groups in total. The summed E-state index contributed by atoms with van der Waals surface area (Å²) < 4.78 is 9.53. The van der Waals surface area contributed by atoms with E-state index in [-0.39, 0.29) is 35.7 Å². The Hall–Kier alpha value is -5.99. The third kappa shape index (κ3) is 7.49. The monoisotopic (exact) mass is 763 g/mol. The first-order valence-corrected chi connectivity index (χ1v) is 19.2. The molecule has 0 unspecified atom stereocenters. The second-order valence-corrected chi connectivity index (χ2v) is 15.2. The highest BCUT2D eigenvalue weighted by molar-refractivity contribution is 6.05. The van der Waals surface area contributed by atoms with Crippen molar-refractivity contribution in [2.75, 3.05) is 27.3 Å². The Morgan fingerprint density at radius 3 is 1.84 bits per heavy atom. The summed E-state index contributed by atoms with van der Waals surface area (Å²) in [6.45, 7) is 8.73. The highest BCUT2D eigenvalue weighted by atomic mass is 16.5. The molecule has 0 radical (unpaired) electrons. The van der Waals surface area contributed by atoms with Crippen LogP contribution >= 0.6 is 0 Å². The van der Waals surface area contributed by atoms with E-state index in [1.165, 1.54) is 14.2 Å². The number of H-pyrrole nitrogens is 2. The lowest BCUT2D eigenvalue weighted by Crippen LogP contribution is -2.51.